The number of nitrogens with zero attached hydrogens (tertiary/aromatic N) is 1. The summed E-state index contributed by atoms with van der Waals surface area (Å²) in [5, 5.41) is 10.1. The van der Waals surface area contributed by atoms with Gasteiger partial charge in [-0.25, -0.2) is 0 Å². The number of aromatic nitrogens is 2. The van der Waals surface area contributed by atoms with Gasteiger partial charge in [-0.2, -0.15) is 18.3 Å². The first-order chi connectivity index (χ1) is 9.99. The number of aromatic amines is 1. The Hall–Kier alpha value is -2.02. The number of hydrogen-bond acceptors (Lipinski definition) is 3. The van der Waals surface area contributed by atoms with Crippen LogP contribution in [0.15, 0.2) is 30.5 Å². The number of ether oxygens (including phenoxy) is 1. The average molecular weight is 299 g/mol. The standard InChI is InChI=1S/C14H16F3N3O/c1-2-18-7-11-8-19-20-13(11)10-3-5-12(6-4-10)21-9-14(15,16)17/h3-6,8,18H,2,7,9H2,1H3,(H,19,20). The van der Waals surface area contributed by atoms with E-state index in [9.17, 15) is 13.2 Å². The lowest BCUT2D eigenvalue weighted by Gasteiger charge is -2.09. The molecule has 2 N–H and O–H groups in total. The van der Waals surface area contributed by atoms with E-state index in [0.717, 1.165) is 23.4 Å². The fraction of sp³-hybridized carbons (Fsp3) is 0.357. The van der Waals surface area contributed by atoms with E-state index in [1.165, 1.54) is 12.1 Å². The van der Waals surface area contributed by atoms with E-state index in [1.54, 1.807) is 18.3 Å². The minimum absolute atomic E-state index is 0.184. The van der Waals surface area contributed by atoms with Crippen LogP contribution in [0.5, 0.6) is 5.75 Å². The summed E-state index contributed by atoms with van der Waals surface area (Å²) in [7, 11) is 0. The van der Waals surface area contributed by atoms with E-state index in [1.807, 2.05) is 6.92 Å². The van der Waals surface area contributed by atoms with Crippen molar-refractivity contribution in [1.82, 2.24) is 15.5 Å². The fourth-order valence-corrected chi connectivity index (χ4v) is 1.84. The summed E-state index contributed by atoms with van der Waals surface area (Å²) in [5.41, 5.74) is 2.69. The molecule has 2 aromatic rings. The molecule has 1 aromatic heterocycles. The molecule has 1 heterocycles. The van der Waals surface area contributed by atoms with Crippen molar-refractivity contribution < 1.29 is 17.9 Å². The van der Waals surface area contributed by atoms with Gasteiger partial charge in [0, 0.05) is 17.7 Å². The Balaban J connectivity index is 2.07. The van der Waals surface area contributed by atoms with Crippen molar-refractivity contribution in [2.45, 2.75) is 19.6 Å². The van der Waals surface area contributed by atoms with Gasteiger partial charge in [0.05, 0.1) is 11.9 Å². The average Bonchev–Trinajstić information content (AvgIpc) is 2.91. The monoisotopic (exact) mass is 299 g/mol. The Morgan fingerprint density at radius 2 is 1.95 bits per heavy atom. The van der Waals surface area contributed by atoms with Crippen molar-refractivity contribution in [3.63, 3.8) is 0 Å². The molecule has 21 heavy (non-hydrogen) atoms. The van der Waals surface area contributed by atoms with Crippen LogP contribution < -0.4 is 10.1 Å². The predicted molar refractivity (Wildman–Crippen MR) is 73.0 cm³/mol. The van der Waals surface area contributed by atoms with Gasteiger partial charge in [0.15, 0.2) is 6.61 Å². The molecule has 0 saturated carbocycles. The van der Waals surface area contributed by atoms with Crippen LogP contribution in [0.2, 0.25) is 0 Å². The van der Waals surface area contributed by atoms with Crippen LogP contribution in [0.1, 0.15) is 12.5 Å². The molecule has 2 rings (SSSR count). The van der Waals surface area contributed by atoms with Gasteiger partial charge in [-0.05, 0) is 30.8 Å². The first kappa shape index (κ1) is 15.4. The van der Waals surface area contributed by atoms with E-state index >= 15 is 0 Å². The Morgan fingerprint density at radius 1 is 1.24 bits per heavy atom. The molecule has 0 aliphatic rings. The van der Waals surface area contributed by atoms with Gasteiger partial charge in [-0.15, -0.1) is 0 Å². The van der Waals surface area contributed by atoms with Gasteiger partial charge < -0.3 is 10.1 Å². The van der Waals surface area contributed by atoms with Crippen LogP contribution in [-0.4, -0.2) is 29.5 Å². The van der Waals surface area contributed by atoms with Gasteiger partial charge in [0.1, 0.15) is 5.75 Å². The minimum atomic E-state index is -4.33. The third-order valence-corrected chi connectivity index (χ3v) is 2.83. The number of rotatable bonds is 6. The number of H-pyrrole nitrogens is 1. The minimum Gasteiger partial charge on any atom is -0.484 e. The summed E-state index contributed by atoms with van der Waals surface area (Å²) in [6.07, 6.45) is -2.60. The predicted octanol–water partition coefficient (Wildman–Crippen LogP) is 3.13. The lowest BCUT2D eigenvalue weighted by Crippen LogP contribution is -2.19. The topological polar surface area (TPSA) is 49.9 Å². The van der Waals surface area contributed by atoms with E-state index in [2.05, 4.69) is 20.3 Å². The van der Waals surface area contributed by atoms with Crippen LogP contribution in [-0.2, 0) is 6.54 Å². The number of alkyl halides is 3. The van der Waals surface area contributed by atoms with Crippen molar-refractivity contribution in [1.29, 1.82) is 0 Å². The molecule has 4 nitrogen and oxygen atoms in total. The zero-order valence-corrected chi connectivity index (χ0v) is 11.5. The second kappa shape index (κ2) is 6.62. The van der Waals surface area contributed by atoms with Gasteiger partial charge in [-0.1, -0.05) is 6.92 Å². The van der Waals surface area contributed by atoms with Crippen molar-refractivity contribution in [2.75, 3.05) is 13.2 Å². The Morgan fingerprint density at radius 3 is 2.57 bits per heavy atom. The van der Waals surface area contributed by atoms with Crippen molar-refractivity contribution in [2.24, 2.45) is 0 Å². The van der Waals surface area contributed by atoms with Crippen molar-refractivity contribution in [3.8, 4) is 17.0 Å². The molecule has 7 heteroatoms. The fourth-order valence-electron chi connectivity index (χ4n) is 1.84. The van der Waals surface area contributed by atoms with Crippen molar-refractivity contribution >= 4 is 0 Å². The van der Waals surface area contributed by atoms with E-state index in [0.29, 0.717) is 6.54 Å². The zero-order chi connectivity index (χ0) is 15.3. The Labute approximate surface area is 120 Å². The van der Waals surface area contributed by atoms with Crippen molar-refractivity contribution in [3.05, 3.63) is 36.0 Å². The number of halogens is 3. The summed E-state index contributed by atoms with van der Waals surface area (Å²) in [4.78, 5) is 0. The summed E-state index contributed by atoms with van der Waals surface area (Å²) >= 11 is 0. The lowest BCUT2D eigenvalue weighted by molar-refractivity contribution is -0.153. The number of nitrogens with one attached hydrogen (secondary N) is 2. The smallest absolute Gasteiger partial charge is 0.422 e. The molecule has 0 aliphatic carbocycles. The summed E-state index contributed by atoms with van der Waals surface area (Å²) in [6, 6.07) is 6.43. The SMILES string of the molecule is CCNCc1cn[nH]c1-c1ccc(OCC(F)(F)F)cc1. The molecule has 0 fully saturated rings. The van der Waals surface area contributed by atoms with Crippen LogP contribution in [0.25, 0.3) is 11.3 Å². The second-order valence-electron chi connectivity index (χ2n) is 4.48. The van der Waals surface area contributed by atoms with Crippen LogP contribution in [0.3, 0.4) is 0 Å². The summed E-state index contributed by atoms with van der Waals surface area (Å²) in [6.45, 7) is 2.23. The lowest BCUT2D eigenvalue weighted by atomic mass is 10.1. The van der Waals surface area contributed by atoms with E-state index in [4.69, 9.17) is 0 Å². The summed E-state index contributed by atoms with van der Waals surface area (Å²) < 4.78 is 40.9. The quantitative estimate of drug-likeness (QED) is 0.861. The molecule has 1 aromatic carbocycles. The maximum absolute atomic E-state index is 12.1. The largest absolute Gasteiger partial charge is 0.484 e. The normalized spacial score (nSPS) is 11.6. The van der Waals surface area contributed by atoms with E-state index in [-0.39, 0.29) is 5.75 Å². The van der Waals surface area contributed by atoms with Gasteiger partial charge in [-0.3, -0.25) is 5.10 Å². The molecule has 0 saturated heterocycles. The Bertz CT molecular complexity index is 564. The molecule has 0 amide bonds. The highest BCUT2D eigenvalue weighted by atomic mass is 19.4. The highest BCUT2D eigenvalue weighted by molar-refractivity contribution is 5.63. The summed E-state index contributed by atoms with van der Waals surface area (Å²) in [5.74, 6) is 0.184. The third-order valence-electron chi connectivity index (χ3n) is 2.83. The molecular formula is C14H16F3N3O. The van der Waals surface area contributed by atoms with Crippen LogP contribution in [0, 0.1) is 0 Å². The zero-order valence-electron chi connectivity index (χ0n) is 11.5. The molecular weight excluding hydrogens is 283 g/mol. The highest BCUT2D eigenvalue weighted by Crippen LogP contribution is 2.25. The number of hydrogen-bond donors (Lipinski definition) is 2. The molecule has 0 spiro atoms. The first-order valence-electron chi connectivity index (χ1n) is 6.52. The molecule has 0 unspecified atom stereocenters. The molecule has 0 atom stereocenters. The van der Waals surface area contributed by atoms with Gasteiger partial charge in [0.25, 0.3) is 0 Å². The third kappa shape index (κ3) is 4.49. The molecule has 0 bridgehead atoms. The van der Waals surface area contributed by atoms with Crippen LogP contribution in [0.4, 0.5) is 13.2 Å². The van der Waals surface area contributed by atoms with Gasteiger partial charge >= 0.3 is 6.18 Å². The maximum Gasteiger partial charge on any atom is 0.422 e. The molecule has 114 valence electrons. The first-order valence-corrected chi connectivity index (χ1v) is 6.52. The van der Waals surface area contributed by atoms with Gasteiger partial charge in [0.2, 0.25) is 0 Å². The van der Waals surface area contributed by atoms with Crippen LogP contribution >= 0.6 is 0 Å². The highest BCUT2D eigenvalue weighted by Gasteiger charge is 2.28. The molecule has 0 aliphatic heterocycles. The van der Waals surface area contributed by atoms with E-state index < -0.39 is 12.8 Å². The second-order valence-corrected chi connectivity index (χ2v) is 4.48. The maximum atomic E-state index is 12.1. The Kier molecular flexibility index (Phi) is 4.85. The molecule has 0 radical (unpaired) electrons. The number of benzene rings is 1.